The number of hydrogen-bond acceptors (Lipinski definition) is 5. The van der Waals surface area contributed by atoms with Crippen molar-refractivity contribution in [1.29, 1.82) is 0 Å². The molecule has 2 atom stereocenters. The number of rotatable bonds is 6. The number of carboxylic acids is 1. The summed E-state index contributed by atoms with van der Waals surface area (Å²) in [5.41, 5.74) is 0. The van der Waals surface area contributed by atoms with E-state index in [1.54, 1.807) is 6.92 Å². The topological polar surface area (TPSA) is 89.9 Å². The van der Waals surface area contributed by atoms with Crippen LogP contribution in [0.15, 0.2) is 0 Å². The summed E-state index contributed by atoms with van der Waals surface area (Å²) in [5.74, 6) is -2.44. The third kappa shape index (κ3) is 6.80. The van der Waals surface area contributed by atoms with Gasteiger partial charge in [-0.25, -0.2) is 0 Å². The summed E-state index contributed by atoms with van der Waals surface area (Å²) in [4.78, 5) is 31.9. The van der Waals surface area contributed by atoms with Crippen molar-refractivity contribution in [3.63, 3.8) is 0 Å². The number of ether oxygens (including phenoxy) is 2. The van der Waals surface area contributed by atoms with Crippen molar-refractivity contribution < 1.29 is 29.0 Å². The summed E-state index contributed by atoms with van der Waals surface area (Å²) in [6, 6.07) is 0. The number of esters is 2. The molecule has 0 aliphatic carbocycles. The Balaban J connectivity index is 4.33. The zero-order valence-electron chi connectivity index (χ0n) is 9.56. The smallest absolute Gasteiger partial charge is 0.303 e. The Morgan fingerprint density at radius 1 is 1.19 bits per heavy atom. The summed E-state index contributed by atoms with van der Waals surface area (Å²) in [7, 11) is 0. The highest BCUT2D eigenvalue weighted by atomic mass is 16.6. The molecule has 6 nitrogen and oxygen atoms in total. The Kier molecular flexibility index (Phi) is 6.14. The van der Waals surface area contributed by atoms with Gasteiger partial charge in [0.2, 0.25) is 0 Å². The van der Waals surface area contributed by atoms with Gasteiger partial charge in [0.05, 0.1) is 6.42 Å². The van der Waals surface area contributed by atoms with Crippen molar-refractivity contribution in [2.75, 3.05) is 6.61 Å². The minimum Gasteiger partial charge on any atom is -0.481 e. The van der Waals surface area contributed by atoms with E-state index in [9.17, 15) is 14.4 Å². The molecule has 16 heavy (non-hydrogen) atoms. The summed E-state index contributed by atoms with van der Waals surface area (Å²) >= 11 is 0. The Hall–Kier alpha value is -1.59. The second kappa shape index (κ2) is 6.81. The van der Waals surface area contributed by atoms with Crippen LogP contribution in [-0.4, -0.2) is 35.7 Å². The molecule has 0 aromatic carbocycles. The minimum absolute atomic E-state index is 0.122. The molecule has 92 valence electrons. The number of carbonyl (C=O) groups is 3. The van der Waals surface area contributed by atoms with E-state index in [1.807, 2.05) is 0 Å². The van der Waals surface area contributed by atoms with Gasteiger partial charge in [0, 0.05) is 19.8 Å². The fourth-order valence-corrected chi connectivity index (χ4v) is 1.13. The predicted octanol–water partition coefficient (Wildman–Crippen LogP) is 0.592. The second-order valence-corrected chi connectivity index (χ2v) is 3.53. The first kappa shape index (κ1) is 14.4. The lowest BCUT2D eigenvalue weighted by Crippen LogP contribution is -2.31. The number of hydrogen-bond donors (Lipinski definition) is 1. The van der Waals surface area contributed by atoms with Crippen LogP contribution in [0.4, 0.5) is 0 Å². The van der Waals surface area contributed by atoms with Crippen LogP contribution in [0.2, 0.25) is 0 Å². The first-order chi connectivity index (χ1) is 7.32. The molecule has 0 aliphatic rings. The zero-order valence-corrected chi connectivity index (χ0v) is 9.56. The molecule has 0 aliphatic heterocycles. The van der Waals surface area contributed by atoms with Gasteiger partial charge in [-0.15, -0.1) is 0 Å². The maximum absolute atomic E-state index is 10.8. The first-order valence-electron chi connectivity index (χ1n) is 4.85. The van der Waals surface area contributed by atoms with Gasteiger partial charge in [-0.1, -0.05) is 6.92 Å². The lowest BCUT2D eigenvalue weighted by molar-refractivity contribution is -0.160. The monoisotopic (exact) mass is 232 g/mol. The van der Waals surface area contributed by atoms with Crippen molar-refractivity contribution in [3.8, 4) is 0 Å². The molecule has 0 saturated carbocycles. The standard InChI is InChI=1S/C10H16O6/c1-6(4-10(13)14)9(16-8(3)12)5-15-7(2)11/h6,9H,4-5H2,1-3H3,(H,13,14). The molecule has 0 aromatic heterocycles. The molecule has 0 heterocycles. The summed E-state index contributed by atoms with van der Waals surface area (Å²) in [6.45, 7) is 3.94. The molecule has 0 saturated heterocycles. The largest absolute Gasteiger partial charge is 0.481 e. The minimum atomic E-state index is -0.993. The normalized spacial score (nSPS) is 13.7. The van der Waals surface area contributed by atoms with Crippen molar-refractivity contribution in [2.24, 2.45) is 5.92 Å². The molecule has 0 bridgehead atoms. The van der Waals surface area contributed by atoms with Crippen LogP contribution in [0.25, 0.3) is 0 Å². The van der Waals surface area contributed by atoms with Crippen LogP contribution in [0.5, 0.6) is 0 Å². The van der Waals surface area contributed by atoms with Crippen LogP contribution < -0.4 is 0 Å². The van der Waals surface area contributed by atoms with Crippen LogP contribution in [0, 0.1) is 5.92 Å². The van der Waals surface area contributed by atoms with Crippen molar-refractivity contribution in [1.82, 2.24) is 0 Å². The predicted molar refractivity (Wildman–Crippen MR) is 53.6 cm³/mol. The molecule has 0 amide bonds. The Morgan fingerprint density at radius 3 is 2.12 bits per heavy atom. The van der Waals surface area contributed by atoms with E-state index in [2.05, 4.69) is 0 Å². The Morgan fingerprint density at radius 2 is 1.75 bits per heavy atom. The lowest BCUT2D eigenvalue weighted by Gasteiger charge is -2.21. The molecular formula is C10H16O6. The van der Waals surface area contributed by atoms with Gasteiger partial charge in [0.1, 0.15) is 12.7 Å². The highest BCUT2D eigenvalue weighted by Gasteiger charge is 2.23. The molecule has 0 radical (unpaired) electrons. The van der Waals surface area contributed by atoms with Gasteiger partial charge < -0.3 is 14.6 Å². The molecule has 0 aromatic rings. The molecule has 1 N–H and O–H groups in total. The molecular weight excluding hydrogens is 216 g/mol. The number of carbonyl (C=O) groups excluding carboxylic acids is 2. The maximum atomic E-state index is 10.8. The summed E-state index contributed by atoms with van der Waals surface area (Å²) < 4.78 is 9.58. The quantitative estimate of drug-likeness (QED) is 0.674. The first-order valence-corrected chi connectivity index (χ1v) is 4.85. The average Bonchev–Trinajstić information content (AvgIpc) is 2.09. The van der Waals surface area contributed by atoms with Gasteiger partial charge in [0.25, 0.3) is 0 Å². The zero-order chi connectivity index (χ0) is 12.7. The Labute approximate surface area is 93.5 Å². The Bertz CT molecular complexity index is 272. The van der Waals surface area contributed by atoms with Crippen LogP contribution in [-0.2, 0) is 23.9 Å². The molecule has 0 fully saturated rings. The lowest BCUT2D eigenvalue weighted by atomic mass is 10.0. The van der Waals surface area contributed by atoms with Gasteiger partial charge in [0.15, 0.2) is 0 Å². The van der Waals surface area contributed by atoms with E-state index < -0.39 is 29.9 Å². The molecule has 0 spiro atoms. The van der Waals surface area contributed by atoms with Crippen molar-refractivity contribution in [2.45, 2.75) is 33.3 Å². The fourth-order valence-electron chi connectivity index (χ4n) is 1.13. The van der Waals surface area contributed by atoms with E-state index in [0.717, 1.165) is 0 Å². The van der Waals surface area contributed by atoms with Gasteiger partial charge in [-0.2, -0.15) is 0 Å². The molecule has 2 unspecified atom stereocenters. The molecule has 6 heteroatoms. The SMILES string of the molecule is CC(=O)OCC(OC(C)=O)C(C)CC(=O)O. The highest BCUT2D eigenvalue weighted by molar-refractivity contribution is 5.68. The average molecular weight is 232 g/mol. The van der Waals surface area contributed by atoms with E-state index in [4.69, 9.17) is 14.6 Å². The fraction of sp³-hybridized carbons (Fsp3) is 0.700. The summed E-state index contributed by atoms with van der Waals surface area (Å²) in [5, 5.41) is 8.60. The third-order valence-corrected chi connectivity index (χ3v) is 1.90. The van der Waals surface area contributed by atoms with Gasteiger partial charge in [-0.05, 0) is 0 Å². The summed E-state index contributed by atoms with van der Waals surface area (Å²) in [6.07, 6.45) is -0.878. The van der Waals surface area contributed by atoms with Gasteiger partial charge >= 0.3 is 17.9 Å². The van der Waals surface area contributed by atoms with E-state index in [0.29, 0.717) is 0 Å². The van der Waals surface area contributed by atoms with E-state index >= 15 is 0 Å². The van der Waals surface area contributed by atoms with Crippen molar-refractivity contribution in [3.05, 3.63) is 0 Å². The van der Waals surface area contributed by atoms with Crippen molar-refractivity contribution >= 4 is 17.9 Å². The van der Waals surface area contributed by atoms with E-state index in [-0.39, 0.29) is 13.0 Å². The maximum Gasteiger partial charge on any atom is 0.303 e. The second-order valence-electron chi connectivity index (χ2n) is 3.53. The number of carboxylic acid groups (broad SMARTS) is 1. The highest BCUT2D eigenvalue weighted by Crippen LogP contribution is 2.13. The van der Waals surface area contributed by atoms with E-state index in [1.165, 1.54) is 13.8 Å². The van der Waals surface area contributed by atoms with Crippen LogP contribution in [0.1, 0.15) is 27.2 Å². The van der Waals surface area contributed by atoms with Crippen LogP contribution in [0.3, 0.4) is 0 Å². The van der Waals surface area contributed by atoms with Gasteiger partial charge in [-0.3, -0.25) is 14.4 Å². The molecule has 0 rings (SSSR count). The third-order valence-electron chi connectivity index (χ3n) is 1.90. The number of aliphatic carboxylic acids is 1. The van der Waals surface area contributed by atoms with Crippen LogP contribution >= 0.6 is 0 Å².